The van der Waals surface area contributed by atoms with E-state index in [-0.39, 0.29) is 11.9 Å². The summed E-state index contributed by atoms with van der Waals surface area (Å²) in [6.45, 7) is 4.05. The molecule has 1 atom stereocenters. The Morgan fingerprint density at radius 2 is 2.10 bits per heavy atom. The number of amides is 1. The second kappa shape index (κ2) is 6.42. The summed E-state index contributed by atoms with van der Waals surface area (Å²) in [6, 6.07) is 12.0. The van der Waals surface area contributed by atoms with Crippen LogP contribution in [0.25, 0.3) is 0 Å². The molecule has 2 aromatic rings. The van der Waals surface area contributed by atoms with E-state index in [1.54, 1.807) is 0 Å². The molecule has 1 unspecified atom stereocenters. The first-order valence-electron chi connectivity index (χ1n) is 7.04. The number of nitrogens with zero attached hydrogens (tertiary/aromatic N) is 1. The molecule has 106 valence electrons. The smallest absolute Gasteiger partial charge is 0.251 e. The van der Waals surface area contributed by atoms with Crippen LogP contribution < -0.4 is 5.32 Å². The van der Waals surface area contributed by atoms with E-state index in [1.165, 1.54) is 5.69 Å². The SMILES string of the molecule is Cc1cccc(C(=O)NC(C)CCc2cccn2C)c1. The molecule has 1 aromatic heterocycles. The first-order chi connectivity index (χ1) is 9.56. The van der Waals surface area contributed by atoms with Crippen molar-refractivity contribution in [3.63, 3.8) is 0 Å². The molecule has 0 aliphatic rings. The Hall–Kier alpha value is -2.03. The summed E-state index contributed by atoms with van der Waals surface area (Å²) in [6.07, 6.45) is 3.96. The molecule has 0 saturated heterocycles. The van der Waals surface area contributed by atoms with Gasteiger partial charge in [0.2, 0.25) is 0 Å². The van der Waals surface area contributed by atoms with E-state index in [2.05, 4.69) is 22.9 Å². The van der Waals surface area contributed by atoms with Gasteiger partial charge in [-0.2, -0.15) is 0 Å². The number of rotatable bonds is 5. The number of carbonyl (C=O) groups is 1. The molecule has 1 N–H and O–H groups in total. The van der Waals surface area contributed by atoms with Crippen molar-refractivity contribution in [2.75, 3.05) is 0 Å². The van der Waals surface area contributed by atoms with Crippen molar-refractivity contribution in [3.05, 3.63) is 59.4 Å². The van der Waals surface area contributed by atoms with Crippen LogP contribution in [-0.4, -0.2) is 16.5 Å². The summed E-state index contributed by atoms with van der Waals surface area (Å²) in [4.78, 5) is 12.1. The van der Waals surface area contributed by atoms with Crippen LogP contribution in [0.1, 0.15) is 35.0 Å². The summed E-state index contributed by atoms with van der Waals surface area (Å²) in [5.41, 5.74) is 3.13. The van der Waals surface area contributed by atoms with Crippen molar-refractivity contribution < 1.29 is 4.79 Å². The molecule has 0 bridgehead atoms. The van der Waals surface area contributed by atoms with Gasteiger partial charge in [0.25, 0.3) is 5.91 Å². The van der Waals surface area contributed by atoms with E-state index in [1.807, 2.05) is 50.5 Å². The Morgan fingerprint density at radius 3 is 2.75 bits per heavy atom. The first-order valence-corrected chi connectivity index (χ1v) is 7.04. The van der Waals surface area contributed by atoms with Crippen molar-refractivity contribution >= 4 is 5.91 Å². The molecule has 0 aliphatic heterocycles. The van der Waals surface area contributed by atoms with Crippen LogP contribution in [0.5, 0.6) is 0 Å². The molecule has 1 aromatic carbocycles. The van der Waals surface area contributed by atoms with E-state index in [0.29, 0.717) is 0 Å². The summed E-state index contributed by atoms with van der Waals surface area (Å²) in [5.74, 6) is 0.00748. The van der Waals surface area contributed by atoms with Crippen LogP contribution in [0.4, 0.5) is 0 Å². The van der Waals surface area contributed by atoms with Gasteiger partial charge in [-0.05, 0) is 51.0 Å². The minimum Gasteiger partial charge on any atom is -0.354 e. The average Bonchev–Trinajstić information content (AvgIpc) is 2.82. The van der Waals surface area contributed by atoms with Crippen LogP contribution in [0.3, 0.4) is 0 Å². The Kier molecular flexibility index (Phi) is 4.61. The van der Waals surface area contributed by atoms with Crippen molar-refractivity contribution in [2.24, 2.45) is 7.05 Å². The average molecular weight is 270 g/mol. The van der Waals surface area contributed by atoms with Crippen molar-refractivity contribution in [1.29, 1.82) is 0 Å². The fourth-order valence-electron chi connectivity index (χ4n) is 2.29. The first kappa shape index (κ1) is 14.4. The Morgan fingerprint density at radius 1 is 1.30 bits per heavy atom. The monoisotopic (exact) mass is 270 g/mol. The Labute approximate surface area is 120 Å². The van der Waals surface area contributed by atoms with E-state index in [9.17, 15) is 4.79 Å². The van der Waals surface area contributed by atoms with Gasteiger partial charge in [0.15, 0.2) is 0 Å². The minimum atomic E-state index is 0.00748. The number of aryl methyl sites for hydroxylation is 3. The lowest BCUT2D eigenvalue weighted by Gasteiger charge is -2.14. The number of hydrogen-bond acceptors (Lipinski definition) is 1. The number of benzene rings is 1. The van der Waals surface area contributed by atoms with Crippen molar-refractivity contribution in [2.45, 2.75) is 32.7 Å². The highest BCUT2D eigenvalue weighted by atomic mass is 16.1. The predicted octanol–water partition coefficient (Wildman–Crippen LogP) is 3.08. The fourth-order valence-corrected chi connectivity index (χ4v) is 2.29. The zero-order valence-electron chi connectivity index (χ0n) is 12.4. The van der Waals surface area contributed by atoms with Gasteiger partial charge in [-0.15, -0.1) is 0 Å². The van der Waals surface area contributed by atoms with Gasteiger partial charge in [-0.25, -0.2) is 0 Å². The van der Waals surface area contributed by atoms with Crippen LogP contribution in [0, 0.1) is 6.92 Å². The topological polar surface area (TPSA) is 34.0 Å². The maximum atomic E-state index is 12.1. The van der Waals surface area contributed by atoms with Gasteiger partial charge in [0.05, 0.1) is 0 Å². The summed E-state index contributed by atoms with van der Waals surface area (Å²) in [5, 5.41) is 3.06. The number of nitrogens with one attached hydrogen (secondary N) is 1. The largest absolute Gasteiger partial charge is 0.354 e. The van der Waals surface area contributed by atoms with Crippen LogP contribution in [-0.2, 0) is 13.5 Å². The van der Waals surface area contributed by atoms with Gasteiger partial charge in [-0.3, -0.25) is 4.79 Å². The summed E-state index contributed by atoms with van der Waals surface area (Å²) >= 11 is 0. The highest BCUT2D eigenvalue weighted by Gasteiger charge is 2.10. The number of aromatic nitrogens is 1. The quantitative estimate of drug-likeness (QED) is 0.890. The third kappa shape index (κ3) is 3.73. The Balaban J connectivity index is 1.86. The molecule has 3 heteroatoms. The van der Waals surface area contributed by atoms with Gasteiger partial charge in [0.1, 0.15) is 0 Å². The molecule has 1 heterocycles. The molecule has 3 nitrogen and oxygen atoms in total. The number of hydrogen-bond donors (Lipinski definition) is 1. The lowest BCUT2D eigenvalue weighted by Crippen LogP contribution is -2.33. The molecule has 1 amide bonds. The van der Waals surface area contributed by atoms with Gasteiger partial charge in [-0.1, -0.05) is 17.7 Å². The molecule has 0 saturated carbocycles. The van der Waals surface area contributed by atoms with Gasteiger partial charge in [0, 0.05) is 30.5 Å². The van der Waals surface area contributed by atoms with E-state index < -0.39 is 0 Å². The van der Waals surface area contributed by atoms with Crippen LogP contribution >= 0.6 is 0 Å². The lowest BCUT2D eigenvalue weighted by atomic mass is 10.1. The van der Waals surface area contributed by atoms with Gasteiger partial charge < -0.3 is 9.88 Å². The van der Waals surface area contributed by atoms with E-state index in [0.717, 1.165) is 24.0 Å². The zero-order valence-corrected chi connectivity index (χ0v) is 12.4. The third-order valence-electron chi connectivity index (χ3n) is 3.54. The van der Waals surface area contributed by atoms with Crippen molar-refractivity contribution in [1.82, 2.24) is 9.88 Å². The van der Waals surface area contributed by atoms with Crippen LogP contribution in [0.2, 0.25) is 0 Å². The fraction of sp³-hybridized carbons (Fsp3) is 0.353. The molecule has 0 aliphatic carbocycles. The summed E-state index contributed by atoms with van der Waals surface area (Å²) < 4.78 is 2.12. The molecular formula is C17H22N2O. The van der Waals surface area contributed by atoms with E-state index >= 15 is 0 Å². The highest BCUT2D eigenvalue weighted by Crippen LogP contribution is 2.07. The minimum absolute atomic E-state index is 0.00748. The highest BCUT2D eigenvalue weighted by molar-refractivity contribution is 5.94. The molecular weight excluding hydrogens is 248 g/mol. The Bertz CT molecular complexity index is 586. The maximum absolute atomic E-state index is 12.1. The molecule has 20 heavy (non-hydrogen) atoms. The normalized spacial score (nSPS) is 12.2. The molecule has 0 radical (unpaired) electrons. The zero-order chi connectivity index (χ0) is 14.5. The standard InChI is InChI=1S/C17H22N2O/c1-13-6-4-7-15(12-13)17(20)18-14(2)9-10-16-8-5-11-19(16)3/h4-8,11-12,14H,9-10H2,1-3H3,(H,18,20). The van der Waals surface area contributed by atoms with Gasteiger partial charge >= 0.3 is 0 Å². The second-order valence-electron chi connectivity index (χ2n) is 5.39. The predicted molar refractivity (Wildman–Crippen MR) is 81.8 cm³/mol. The molecule has 0 fully saturated rings. The molecule has 0 spiro atoms. The second-order valence-corrected chi connectivity index (χ2v) is 5.39. The van der Waals surface area contributed by atoms with Crippen molar-refractivity contribution in [3.8, 4) is 0 Å². The number of carbonyl (C=O) groups excluding carboxylic acids is 1. The molecule has 2 rings (SSSR count). The third-order valence-corrected chi connectivity index (χ3v) is 3.54. The summed E-state index contributed by atoms with van der Waals surface area (Å²) in [7, 11) is 2.05. The van der Waals surface area contributed by atoms with Crippen LogP contribution in [0.15, 0.2) is 42.6 Å². The lowest BCUT2D eigenvalue weighted by molar-refractivity contribution is 0.0938. The van der Waals surface area contributed by atoms with E-state index in [4.69, 9.17) is 0 Å². The maximum Gasteiger partial charge on any atom is 0.251 e.